The van der Waals surface area contributed by atoms with Crippen molar-refractivity contribution in [2.75, 3.05) is 26.9 Å². The Morgan fingerprint density at radius 2 is 2.00 bits per heavy atom. The van der Waals surface area contributed by atoms with Crippen LogP contribution in [0.2, 0.25) is 0 Å². The van der Waals surface area contributed by atoms with Crippen LogP contribution in [0.4, 0.5) is 4.79 Å². The van der Waals surface area contributed by atoms with Gasteiger partial charge in [0.25, 0.3) is 0 Å². The van der Waals surface area contributed by atoms with Crippen LogP contribution in [0, 0.1) is 0 Å². The van der Waals surface area contributed by atoms with Gasteiger partial charge in [0, 0.05) is 19.7 Å². The molecule has 0 aromatic carbocycles. The Balaban J connectivity index is 1.78. The summed E-state index contributed by atoms with van der Waals surface area (Å²) in [5.74, 6) is -0.145. The number of rotatable bonds is 8. The first kappa shape index (κ1) is 19.7. The molecule has 0 spiro atoms. The predicted octanol–water partition coefficient (Wildman–Crippen LogP) is 0.0654. The molecule has 25 heavy (non-hydrogen) atoms. The fraction of sp³-hybridized carbons (Fsp3) is 0.765. The average Bonchev–Trinajstić information content (AvgIpc) is 3.09. The standard InChI is InChI=1S/C17H29N3O5/c1-24-9-8-18-16(22)10-13-6-7-14(15(11-21)25-13)20-17(23)19-12-4-2-3-5-12/h6-7,12-15,21H,2-5,8-11H2,1H3,(H,18,22)(H2,19,20,23)/t13-,14-,15+/m0/s1. The van der Waals surface area contributed by atoms with Gasteiger partial charge < -0.3 is 30.5 Å². The molecule has 2 rings (SSSR count). The number of aliphatic hydroxyl groups excluding tert-OH is 1. The van der Waals surface area contributed by atoms with Crippen molar-refractivity contribution in [3.63, 3.8) is 0 Å². The van der Waals surface area contributed by atoms with Crippen LogP contribution < -0.4 is 16.0 Å². The highest BCUT2D eigenvalue weighted by Gasteiger charge is 2.29. The van der Waals surface area contributed by atoms with Crippen LogP contribution in [0.5, 0.6) is 0 Å². The average molecular weight is 355 g/mol. The van der Waals surface area contributed by atoms with E-state index in [1.165, 1.54) is 0 Å². The van der Waals surface area contributed by atoms with Crippen LogP contribution in [0.1, 0.15) is 32.1 Å². The monoisotopic (exact) mass is 355 g/mol. The molecule has 8 nitrogen and oxygen atoms in total. The maximum atomic E-state index is 12.1. The molecule has 4 N–H and O–H groups in total. The van der Waals surface area contributed by atoms with E-state index in [2.05, 4.69) is 16.0 Å². The lowest BCUT2D eigenvalue weighted by atomic mass is 10.0. The molecule has 0 radical (unpaired) electrons. The molecule has 8 heteroatoms. The van der Waals surface area contributed by atoms with Gasteiger partial charge in [-0.2, -0.15) is 0 Å². The van der Waals surface area contributed by atoms with Crippen LogP contribution in [-0.4, -0.2) is 68.2 Å². The smallest absolute Gasteiger partial charge is 0.315 e. The Morgan fingerprint density at radius 3 is 2.68 bits per heavy atom. The quantitative estimate of drug-likeness (QED) is 0.364. The molecule has 0 saturated heterocycles. The van der Waals surface area contributed by atoms with Crippen molar-refractivity contribution in [1.82, 2.24) is 16.0 Å². The van der Waals surface area contributed by atoms with E-state index in [9.17, 15) is 14.7 Å². The molecule has 1 fully saturated rings. The molecule has 0 aromatic heterocycles. The lowest BCUT2D eigenvalue weighted by Crippen LogP contribution is -2.53. The van der Waals surface area contributed by atoms with Gasteiger partial charge in [0.1, 0.15) is 6.10 Å². The molecular formula is C17H29N3O5. The Bertz CT molecular complexity index is 465. The molecule has 3 amide bonds. The maximum Gasteiger partial charge on any atom is 0.315 e. The van der Waals surface area contributed by atoms with Gasteiger partial charge in [-0.05, 0) is 12.8 Å². The van der Waals surface area contributed by atoms with Crippen LogP contribution in [0.25, 0.3) is 0 Å². The minimum Gasteiger partial charge on any atom is -0.394 e. The van der Waals surface area contributed by atoms with E-state index in [1.54, 1.807) is 19.3 Å². The molecule has 0 bridgehead atoms. The minimum absolute atomic E-state index is 0.145. The Labute approximate surface area is 148 Å². The fourth-order valence-corrected chi connectivity index (χ4v) is 3.13. The molecule has 1 heterocycles. The van der Waals surface area contributed by atoms with E-state index >= 15 is 0 Å². The fourth-order valence-electron chi connectivity index (χ4n) is 3.13. The Hall–Kier alpha value is -1.64. The number of carbonyl (C=O) groups excluding carboxylic acids is 2. The van der Waals surface area contributed by atoms with Crippen LogP contribution >= 0.6 is 0 Å². The molecule has 3 atom stereocenters. The largest absolute Gasteiger partial charge is 0.394 e. The van der Waals surface area contributed by atoms with Crippen LogP contribution in [0.3, 0.4) is 0 Å². The van der Waals surface area contributed by atoms with Gasteiger partial charge in [-0.1, -0.05) is 25.0 Å². The molecule has 0 unspecified atom stereocenters. The Kier molecular flexibility index (Phi) is 8.17. The van der Waals surface area contributed by atoms with E-state index < -0.39 is 18.2 Å². The van der Waals surface area contributed by atoms with Gasteiger partial charge in [-0.25, -0.2) is 4.79 Å². The third kappa shape index (κ3) is 6.64. The van der Waals surface area contributed by atoms with E-state index in [1.807, 2.05) is 0 Å². The second-order valence-electron chi connectivity index (χ2n) is 6.45. The summed E-state index contributed by atoms with van der Waals surface area (Å²) < 4.78 is 10.6. The highest BCUT2D eigenvalue weighted by Crippen LogP contribution is 2.18. The molecule has 0 aromatic rings. The zero-order valence-electron chi connectivity index (χ0n) is 14.7. The SMILES string of the molecule is COCCNC(=O)C[C@@H]1C=C[C@H](NC(=O)NC2CCCC2)[C@@H](CO)O1. The highest BCUT2D eigenvalue weighted by molar-refractivity contribution is 5.77. The van der Waals surface area contributed by atoms with Crippen LogP contribution in [-0.2, 0) is 14.3 Å². The first-order chi connectivity index (χ1) is 12.1. The van der Waals surface area contributed by atoms with Crippen molar-refractivity contribution in [2.24, 2.45) is 0 Å². The van der Waals surface area contributed by atoms with Crippen molar-refractivity contribution in [3.05, 3.63) is 12.2 Å². The molecule has 1 saturated carbocycles. The number of hydrogen-bond donors (Lipinski definition) is 4. The van der Waals surface area contributed by atoms with Gasteiger partial charge in [-0.15, -0.1) is 0 Å². The molecular weight excluding hydrogens is 326 g/mol. The summed E-state index contributed by atoms with van der Waals surface area (Å²) >= 11 is 0. The summed E-state index contributed by atoms with van der Waals surface area (Å²) in [5, 5.41) is 18.0. The topological polar surface area (TPSA) is 109 Å². The summed E-state index contributed by atoms with van der Waals surface area (Å²) in [5.41, 5.74) is 0. The molecule has 142 valence electrons. The van der Waals surface area contributed by atoms with E-state index in [-0.39, 0.29) is 31.0 Å². The van der Waals surface area contributed by atoms with E-state index in [4.69, 9.17) is 9.47 Å². The Morgan fingerprint density at radius 1 is 1.24 bits per heavy atom. The van der Waals surface area contributed by atoms with E-state index in [0.717, 1.165) is 25.7 Å². The highest BCUT2D eigenvalue weighted by atomic mass is 16.5. The third-order valence-electron chi connectivity index (χ3n) is 4.47. The number of methoxy groups -OCH3 is 1. The summed E-state index contributed by atoms with van der Waals surface area (Å²) in [4.78, 5) is 23.9. The first-order valence-corrected chi connectivity index (χ1v) is 8.89. The second-order valence-corrected chi connectivity index (χ2v) is 6.45. The minimum atomic E-state index is -0.573. The van der Waals surface area contributed by atoms with Gasteiger partial charge >= 0.3 is 6.03 Å². The summed E-state index contributed by atoms with van der Waals surface area (Å²) in [6.07, 6.45) is 7.01. The number of hydrogen-bond acceptors (Lipinski definition) is 5. The van der Waals surface area contributed by atoms with Crippen molar-refractivity contribution < 1.29 is 24.2 Å². The van der Waals surface area contributed by atoms with Gasteiger partial charge in [0.05, 0.1) is 31.8 Å². The summed E-state index contributed by atoms with van der Waals surface area (Å²) in [6.45, 7) is 0.662. The predicted molar refractivity (Wildman–Crippen MR) is 92.1 cm³/mol. The molecule has 1 aliphatic heterocycles. The van der Waals surface area contributed by atoms with Gasteiger partial charge in [-0.3, -0.25) is 4.79 Å². The maximum absolute atomic E-state index is 12.1. The van der Waals surface area contributed by atoms with Gasteiger partial charge in [0.15, 0.2) is 0 Å². The molecule has 2 aliphatic rings. The number of aliphatic hydroxyl groups is 1. The second kappa shape index (κ2) is 10.4. The first-order valence-electron chi connectivity index (χ1n) is 8.89. The van der Waals surface area contributed by atoms with Crippen molar-refractivity contribution in [1.29, 1.82) is 0 Å². The normalized spacial score (nSPS) is 26.4. The number of amides is 3. The van der Waals surface area contributed by atoms with Crippen molar-refractivity contribution in [3.8, 4) is 0 Å². The molecule has 1 aliphatic carbocycles. The van der Waals surface area contributed by atoms with Crippen molar-refractivity contribution >= 4 is 11.9 Å². The van der Waals surface area contributed by atoms with Crippen LogP contribution in [0.15, 0.2) is 12.2 Å². The van der Waals surface area contributed by atoms with E-state index in [0.29, 0.717) is 13.2 Å². The lowest BCUT2D eigenvalue weighted by Gasteiger charge is -2.32. The van der Waals surface area contributed by atoms with Crippen molar-refractivity contribution in [2.45, 2.75) is 56.4 Å². The summed E-state index contributed by atoms with van der Waals surface area (Å²) in [6, 6.07) is -0.442. The zero-order chi connectivity index (χ0) is 18.1. The number of nitrogens with one attached hydrogen (secondary N) is 3. The lowest BCUT2D eigenvalue weighted by molar-refractivity contribution is -0.125. The number of urea groups is 1. The number of ether oxygens (including phenoxy) is 2. The zero-order valence-corrected chi connectivity index (χ0v) is 14.7. The third-order valence-corrected chi connectivity index (χ3v) is 4.47. The number of carbonyl (C=O) groups is 2. The summed E-state index contributed by atoms with van der Waals surface area (Å²) in [7, 11) is 1.57. The van der Waals surface area contributed by atoms with Gasteiger partial charge in [0.2, 0.25) is 5.91 Å².